The molecule has 3 atom stereocenters. The number of hydrogen-bond donors (Lipinski definition) is 2. The van der Waals surface area contributed by atoms with Gasteiger partial charge in [0.25, 0.3) is 0 Å². The third kappa shape index (κ3) is 3.32. The van der Waals surface area contributed by atoms with E-state index in [1.165, 1.54) is 6.42 Å². The van der Waals surface area contributed by atoms with E-state index in [4.69, 9.17) is 4.74 Å². The fraction of sp³-hybridized carbons (Fsp3) is 0.900. The number of nitrogens with one attached hydrogen (secondary N) is 2. The second kappa shape index (κ2) is 7.02. The average molecular weight is 363 g/mol. The van der Waals surface area contributed by atoms with E-state index in [0.29, 0.717) is 35.9 Å². The maximum absolute atomic E-state index is 12.2. The highest BCUT2D eigenvalue weighted by molar-refractivity contribution is 5.82. The number of likely N-dealkylation sites (tertiary alicyclic amines) is 1. The van der Waals surface area contributed by atoms with Crippen molar-refractivity contribution in [2.45, 2.75) is 70.6 Å². The molecule has 4 fully saturated rings. The lowest BCUT2D eigenvalue weighted by Gasteiger charge is -2.60. The summed E-state index contributed by atoms with van der Waals surface area (Å²) in [4.78, 5) is 18.7. The molecule has 0 aromatic heterocycles. The minimum Gasteiger partial charge on any atom is -0.377 e. The number of guanidine groups is 1. The first-order valence-corrected chi connectivity index (χ1v) is 10.4. The summed E-state index contributed by atoms with van der Waals surface area (Å²) < 4.78 is 6.01. The summed E-state index contributed by atoms with van der Waals surface area (Å²) in [5.41, 5.74) is 0.142. The molecule has 1 amide bonds. The molecule has 26 heavy (non-hydrogen) atoms. The molecule has 4 rings (SSSR count). The number of piperidine rings is 1. The topological polar surface area (TPSA) is 66.0 Å². The maximum Gasteiger partial charge on any atom is 0.225 e. The molecule has 2 N–H and O–H groups in total. The van der Waals surface area contributed by atoms with E-state index in [9.17, 15) is 4.79 Å². The Balaban J connectivity index is 1.28. The summed E-state index contributed by atoms with van der Waals surface area (Å²) in [6.07, 6.45) is 6.97. The van der Waals surface area contributed by atoms with Crippen LogP contribution in [0.4, 0.5) is 0 Å². The first-order valence-electron chi connectivity index (χ1n) is 10.4. The molecule has 0 aromatic carbocycles. The van der Waals surface area contributed by atoms with Gasteiger partial charge in [0, 0.05) is 56.1 Å². The summed E-state index contributed by atoms with van der Waals surface area (Å²) in [5.74, 6) is 2.21. The fourth-order valence-corrected chi connectivity index (χ4v) is 5.16. The molecule has 0 bridgehead atoms. The molecular weight excluding hydrogens is 328 g/mol. The quantitative estimate of drug-likeness (QED) is 0.593. The van der Waals surface area contributed by atoms with Gasteiger partial charge in [-0.3, -0.25) is 9.79 Å². The minimum absolute atomic E-state index is 0.142. The van der Waals surface area contributed by atoms with Gasteiger partial charge in [-0.2, -0.15) is 0 Å². The smallest absolute Gasteiger partial charge is 0.225 e. The van der Waals surface area contributed by atoms with Crippen LogP contribution in [0.5, 0.6) is 0 Å². The molecule has 3 unspecified atom stereocenters. The van der Waals surface area contributed by atoms with E-state index in [2.05, 4.69) is 34.4 Å². The first-order chi connectivity index (χ1) is 12.5. The molecule has 2 heterocycles. The third-order valence-electron chi connectivity index (χ3n) is 6.92. The molecule has 0 radical (unpaired) electrons. The summed E-state index contributed by atoms with van der Waals surface area (Å²) in [6, 6.07) is 0.807. The summed E-state index contributed by atoms with van der Waals surface area (Å²) in [6.45, 7) is 7.25. The van der Waals surface area contributed by atoms with Crippen LogP contribution in [0.3, 0.4) is 0 Å². The van der Waals surface area contributed by atoms with Crippen molar-refractivity contribution < 1.29 is 9.53 Å². The van der Waals surface area contributed by atoms with Crippen molar-refractivity contribution in [3.63, 3.8) is 0 Å². The summed E-state index contributed by atoms with van der Waals surface area (Å²) in [7, 11) is 1.85. The lowest BCUT2D eigenvalue weighted by Crippen LogP contribution is -2.71. The van der Waals surface area contributed by atoms with Gasteiger partial charge in [0.2, 0.25) is 5.91 Å². The normalized spacial score (nSPS) is 34.7. The Bertz CT molecular complexity index is 564. The number of aliphatic imine (C=N–C) groups is 1. The Morgan fingerprint density at radius 3 is 2.50 bits per heavy atom. The lowest BCUT2D eigenvalue weighted by atomic mass is 9.55. The number of hydrogen-bond acceptors (Lipinski definition) is 3. The van der Waals surface area contributed by atoms with Crippen LogP contribution in [-0.4, -0.2) is 61.7 Å². The molecule has 6 heteroatoms. The Morgan fingerprint density at radius 1 is 1.12 bits per heavy atom. The zero-order valence-corrected chi connectivity index (χ0v) is 16.5. The predicted molar refractivity (Wildman–Crippen MR) is 102 cm³/mol. The molecule has 0 spiro atoms. The number of nitrogens with zero attached hydrogens (tertiary/aromatic N) is 2. The number of rotatable bonds is 3. The van der Waals surface area contributed by atoms with Crippen molar-refractivity contribution in [2.75, 3.05) is 26.7 Å². The minimum atomic E-state index is 0.142. The predicted octanol–water partition coefficient (Wildman–Crippen LogP) is 1.76. The second-order valence-electron chi connectivity index (χ2n) is 9.13. The molecule has 2 aliphatic heterocycles. The van der Waals surface area contributed by atoms with Crippen LogP contribution in [0.2, 0.25) is 0 Å². The van der Waals surface area contributed by atoms with Gasteiger partial charge in [-0.1, -0.05) is 13.8 Å². The average Bonchev–Trinajstić information content (AvgIpc) is 3.50. The number of amides is 1. The molecule has 146 valence electrons. The molecule has 4 aliphatic rings. The Kier molecular flexibility index (Phi) is 4.88. The standard InChI is InChI=1S/C20H34N4O2/c1-20(2)16(15-5-4-12-26-17(15)20)23-19(21-3)22-14-8-10-24(11-9-14)18(25)13-6-7-13/h13-17H,4-12H2,1-3H3,(H2,21,22,23). The van der Waals surface area contributed by atoms with Gasteiger partial charge in [0.1, 0.15) is 0 Å². The van der Waals surface area contributed by atoms with E-state index < -0.39 is 0 Å². The van der Waals surface area contributed by atoms with E-state index in [0.717, 1.165) is 57.8 Å². The second-order valence-corrected chi connectivity index (χ2v) is 9.13. The van der Waals surface area contributed by atoms with Gasteiger partial charge in [0.15, 0.2) is 5.96 Å². The summed E-state index contributed by atoms with van der Waals surface area (Å²) >= 11 is 0. The number of fused-ring (bicyclic) bond motifs is 1. The van der Waals surface area contributed by atoms with Crippen molar-refractivity contribution >= 4 is 11.9 Å². The highest BCUT2D eigenvalue weighted by Crippen LogP contribution is 2.51. The first kappa shape index (κ1) is 18.1. The van der Waals surface area contributed by atoms with E-state index in [1.807, 2.05) is 7.05 Å². The van der Waals surface area contributed by atoms with Gasteiger partial charge in [-0.15, -0.1) is 0 Å². The number of ether oxygens (including phenoxy) is 1. The molecule has 0 aromatic rings. The molecule has 2 aliphatic carbocycles. The molecule has 2 saturated carbocycles. The monoisotopic (exact) mass is 362 g/mol. The van der Waals surface area contributed by atoms with Gasteiger partial charge < -0.3 is 20.3 Å². The third-order valence-corrected chi connectivity index (χ3v) is 6.92. The Morgan fingerprint density at radius 2 is 1.85 bits per heavy atom. The Labute approximate surface area is 157 Å². The van der Waals surface area contributed by atoms with Crippen molar-refractivity contribution in [3.05, 3.63) is 0 Å². The van der Waals surface area contributed by atoms with Gasteiger partial charge in [0.05, 0.1) is 6.10 Å². The fourth-order valence-electron chi connectivity index (χ4n) is 5.16. The van der Waals surface area contributed by atoms with Crippen molar-refractivity contribution in [3.8, 4) is 0 Å². The van der Waals surface area contributed by atoms with Crippen LogP contribution in [-0.2, 0) is 9.53 Å². The highest BCUT2D eigenvalue weighted by atomic mass is 16.5. The van der Waals surface area contributed by atoms with Gasteiger partial charge in [-0.25, -0.2) is 0 Å². The number of carbonyl (C=O) groups is 1. The van der Waals surface area contributed by atoms with Crippen LogP contribution in [0.15, 0.2) is 4.99 Å². The SMILES string of the molecule is CN=C(NC1CCN(C(=O)C2CC2)CC1)NC1C2CCCOC2C1(C)C. The van der Waals surface area contributed by atoms with E-state index >= 15 is 0 Å². The maximum atomic E-state index is 12.2. The van der Waals surface area contributed by atoms with Gasteiger partial charge in [-0.05, 0) is 38.5 Å². The molecular formula is C20H34N4O2. The van der Waals surface area contributed by atoms with Crippen LogP contribution < -0.4 is 10.6 Å². The molecule has 6 nitrogen and oxygen atoms in total. The van der Waals surface area contributed by atoms with E-state index in [-0.39, 0.29) is 5.41 Å². The van der Waals surface area contributed by atoms with Crippen molar-refractivity contribution in [1.82, 2.24) is 15.5 Å². The van der Waals surface area contributed by atoms with Crippen LogP contribution in [0.25, 0.3) is 0 Å². The van der Waals surface area contributed by atoms with Crippen LogP contribution in [0.1, 0.15) is 52.4 Å². The summed E-state index contributed by atoms with van der Waals surface area (Å²) in [5, 5.41) is 7.28. The van der Waals surface area contributed by atoms with E-state index in [1.54, 1.807) is 0 Å². The molecule has 2 saturated heterocycles. The van der Waals surface area contributed by atoms with Crippen molar-refractivity contribution in [2.24, 2.45) is 22.2 Å². The zero-order chi connectivity index (χ0) is 18.3. The Hall–Kier alpha value is -1.30. The zero-order valence-electron chi connectivity index (χ0n) is 16.5. The van der Waals surface area contributed by atoms with Crippen LogP contribution >= 0.6 is 0 Å². The largest absolute Gasteiger partial charge is 0.377 e. The highest BCUT2D eigenvalue weighted by Gasteiger charge is 2.58. The van der Waals surface area contributed by atoms with Crippen LogP contribution in [0, 0.1) is 17.3 Å². The van der Waals surface area contributed by atoms with Gasteiger partial charge >= 0.3 is 0 Å². The number of carbonyl (C=O) groups excluding carboxylic acids is 1. The lowest BCUT2D eigenvalue weighted by molar-refractivity contribution is -0.188. The van der Waals surface area contributed by atoms with Crippen molar-refractivity contribution in [1.29, 1.82) is 0 Å².